The van der Waals surface area contributed by atoms with Crippen molar-refractivity contribution >= 4 is 46.3 Å². The minimum atomic E-state index is -0.382. The Hall–Kier alpha value is -3.08. The number of aromatic nitrogens is 3. The molecule has 3 N–H and O–H groups in total. The van der Waals surface area contributed by atoms with Crippen LogP contribution in [0.4, 0.5) is 10.7 Å². The number of nitrogens with one attached hydrogen (secondary N) is 3. The highest BCUT2D eigenvalue weighted by molar-refractivity contribution is 8.18. The summed E-state index contributed by atoms with van der Waals surface area (Å²) < 4.78 is 0. The molecule has 4 heterocycles. The third-order valence-corrected chi connectivity index (χ3v) is 7.97. The quantitative estimate of drug-likeness (QED) is 0.341. The zero-order valence-electron chi connectivity index (χ0n) is 19.8. The minimum Gasteiger partial charge on any atom is -0.354 e. The van der Waals surface area contributed by atoms with Gasteiger partial charge in [0, 0.05) is 30.2 Å². The fraction of sp³-hybridized carbons (Fsp3) is 0.346. The van der Waals surface area contributed by atoms with E-state index in [0.29, 0.717) is 28.4 Å². The van der Waals surface area contributed by atoms with Crippen LogP contribution in [0.1, 0.15) is 37.1 Å². The van der Waals surface area contributed by atoms with Gasteiger partial charge in [0.2, 0.25) is 5.95 Å². The van der Waals surface area contributed by atoms with Gasteiger partial charge in [0.25, 0.3) is 11.1 Å². The first-order chi connectivity index (χ1) is 17.6. The predicted octanol–water partition coefficient (Wildman–Crippen LogP) is 4.93. The number of carbonyl (C=O) groups excluding carboxylic acids is 2. The Morgan fingerprint density at radius 1 is 1.03 bits per heavy atom. The van der Waals surface area contributed by atoms with Gasteiger partial charge >= 0.3 is 0 Å². The first-order valence-corrected chi connectivity index (χ1v) is 13.9. The van der Waals surface area contributed by atoms with Crippen molar-refractivity contribution in [2.24, 2.45) is 11.8 Å². The second kappa shape index (κ2) is 11.8. The number of nitrogens with zero attached hydrogens (tertiary/aromatic N) is 3. The molecule has 10 heteroatoms. The van der Waals surface area contributed by atoms with Crippen LogP contribution in [0, 0.1) is 11.8 Å². The van der Waals surface area contributed by atoms with Gasteiger partial charge in [0.05, 0.1) is 22.0 Å². The van der Waals surface area contributed by atoms with Crippen LogP contribution >= 0.6 is 23.1 Å². The fourth-order valence-corrected chi connectivity index (χ4v) is 5.84. The Morgan fingerprint density at radius 3 is 2.61 bits per heavy atom. The maximum absolute atomic E-state index is 11.7. The van der Waals surface area contributed by atoms with Crippen molar-refractivity contribution in [2.75, 3.05) is 18.4 Å². The highest BCUT2D eigenvalue weighted by atomic mass is 32.2. The van der Waals surface area contributed by atoms with E-state index in [-0.39, 0.29) is 11.1 Å². The Kier molecular flexibility index (Phi) is 8.04. The van der Waals surface area contributed by atoms with E-state index in [1.807, 2.05) is 0 Å². The van der Waals surface area contributed by atoms with Gasteiger partial charge in [0.1, 0.15) is 0 Å². The van der Waals surface area contributed by atoms with Gasteiger partial charge in [-0.2, -0.15) is 11.3 Å². The topological polar surface area (TPSA) is 109 Å². The monoisotopic (exact) mass is 520 g/mol. The number of thioether (sulfide) groups is 1. The minimum absolute atomic E-state index is 0.350. The molecule has 3 aromatic heterocycles. The van der Waals surface area contributed by atoms with Crippen LogP contribution in [0.3, 0.4) is 0 Å². The Balaban J connectivity index is 1.03. The molecular formula is C26H28N6O2S2. The summed E-state index contributed by atoms with van der Waals surface area (Å²) in [6.07, 6.45) is 8.03. The normalized spacial score (nSPS) is 21.1. The molecule has 5 rings (SSSR count). The summed E-state index contributed by atoms with van der Waals surface area (Å²) in [5, 5.41) is 13.1. The van der Waals surface area contributed by atoms with Crippen LogP contribution in [-0.4, -0.2) is 39.2 Å². The predicted molar refractivity (Wildman–Crippen MR) is 144 cm³/mol. The van der Waals surface area contributed by atoms with Crippen LogP contribution in [0.25, 0.3) is 17.3 Å². The Labute approximate surface area is 218 Å². The van der Waals surface area contributed by atoms with Crippen molar-refractivity contribution in [3.8, 4) is 11.3 Å². The lowest BCUT2D eigenvalue weighted by Gasteiger charge is -2.28. The summed E-state index contributed by atoms with van der Waals surface area (Å²) in [6.45, 7) is 2.63. The van der Waals surface area contributed by atoms with Gasteiger partial charge in [0.15, 0.2) is 0 Å². The third-order valence-electron chi connectivity index (χ3n) is 6.48. The molecule has 36 heavy (non-hydrogen) atoms. The zero-order chi connectivity index (χ0) is 24.7. The van der Waals surface area contributed by atoms with E-state index in [1.165, 1.54) is 31.2 Å². The molecule has 0 radical (unpaired) electrons. The van der Waals surface area contributed by atoms with E-state index in [4.69, 9.17) is 4.98 Å². The standard InChI is InChI=1S/C26H28N6O2S2/c33-24-23(36-26(34)32-24)12-20-8-10-28-25(31-20)29-14-18-6-4-17(5-7-18)13-27-15-21-2-1-3-22(30-21)19-9-11-35-16-19/h1-3,8-12,16-18,27H,4-7,13-15H2,(H,28,29,31)(H,32,33,34)/t17-,18-. The van der Waals surface area contributed by atoms with Crippen molar-refractivity contribution in [1.29, 1.82) is 0 Å². The summed E-state index contributed by atoms with van der Waals surface area (Å²) in [5.74, 6) is 1.43. The van der Waals surface area contributed by atoms with Gasteiger partial charge in [-0.3, -0.25) is 19.9 Å². The Morgan fingerprint density at radius 2 is 1.86 bits per heavy atom. The SMILES string of the molecule is O=C1NC(=O)C(=Cc2ccnc(NC[C@H]3CC[C@H](CNCc4cccc(-c5ccsc5)n4)CC3)n2)S1. The molecule has 186 valence electrons. The molecule has 2 amide bonds. The van der Waals surface area contributed by atoms with Crippen molar-refractivity contribution in [3.63, 3.8) is 0 Å². The van der Waals surface area contributed by atoms with E-state index in [0.717, 1.165) is 42.8 Å². The van der Waals surface area contributed by atoms with Crippen molar-refractivity contribution in [1.82, 2.24) is 25.6 Å². The molecule has 0 aromatic carbocycles. The number of pyridine rings is 1. The second-order valence-corrected chi connectivity index (χ2v) is 10.9. The lowest BCUT2D eigenvalue weighted by Crippen LogP contribution is -2.28. The van der Waals surface area contributed by atoms with Crippen molar-refractivity contribution in [3.05, 3.63) is 63.6 Å². The average Bonchev–Trinajstić information content (AvgIpc) is 3.54. The first kappa shape index (κ1) is 24.6. The number of rotatable bonds is 9. The molecule has 1 aliphatic heterocycles. The van der Waals surface area contributed by atoms with Crippen LogP contribution in [-0.2, 0) is 11.3 Å². The highest BCUT2D eigenvalue weighted by Crippen LogP contribution is 2.29. The van der Waals surface area contributed by atoms with Gasteiger partial charge in [-0.1, -0.05) is 6.07 Å². The third kappa shape index (κ3) is 6.57. The summed E-state index contributed by atoms with van der Waals surface area (Å²) in [7, 11) is 0. The molecule has 0 spiro atoms. The number of thiophene rings is 1. The molecule has 2 aliphatic rings. The lowest BCUT2D eigenvalue weighted by atomic mass is 9.82. The molecule has 0 atom stereocenters. The van der Waals surface area contributed by atoms with E-state index in [2.05, 4.69) is 60.9 Å². The van der Waals surface area contributed by atoms with Crippen LogP contribution in [0.5, 0.6) is 0 Å². The number of anilines is 1. The van der Waals surface area contributed by atoms with Gasteiger partial charge in [-0.15, -0.1) is 0 Å². The van der Waals surface area contributed by atoms with E-state index >= 15 is 0 Å². The highest BCUT2D eigenvalue weighted by Gasteiger charge is 2.25. The smallest absolute Gasteiger partial charge is 0.290 e. The summed E-state index contributed by atoms with van der Waals surface area (Å²) in [6, 6.07) is 10.1. The van der Waals surface area contributed by atoms with E-state index in [1.54, 1.807) is 29.7 Å². The molecule has 1 saturated carbocycles. The van der Waals surface area contributed by atoms with Crippen LogP contribution in [0.2, 0.25) is 0 Å². The zero-order valence-corrected chi connectivity index (χ0v) is 21.4. The molecular weight excluding hydrogens is 492 g/mol. The molecule has 2 fully saturated rings. The number of imide groups is 1. The molecule has 0 bridgehead atoms. The number of hydrogen-bond acceptors (Lipinski definition) is 9. The summed E-state index contributed by atoms with van der Waals surface area (Å²) in [5.41, 5.74) is 3.89. The molecule has 8 nitrogen and oxygen atoms in total. The average molecular weight is 521 g/mol. The first-order valence-electron chi connectivity index (χ1n) is 12.1. The van der Waals surface area contributed by atoms with Gasteiger partial charge in [-0.25, -0.2) is 9.97 Å². The number of amides is 2. The summed E-state index contributed by atoms with van der Waals surface area (Å²) >= 11 is 2.58. The molecule has 3 aromatic rings. The van der Waals surface area contributed by atoms with Crippen molar-refractivity contribution in [2.45, 2.75) is 32.2 Å². The molecule has 0 unspecified atom stereocenters. The van der Waals surface area contributed by atoms with Gasteiger partial charge < -0.3 is 10.6 Å². The van der Waals surface area contributed by atoms with Crippen molar-refractivity contribution < 1.29 is 9.59 Å². The largest absolute Gasteiger partial charge is 0.354 e. The molecule has 1 saturated heterocycles. The maximum Gasteiger partial charge on any atom is 0.290 e. The number of hydrogen-bond donors (Lipinski definition) is 3. The summed E-state index contributed by atoms with van der Waals surface area (Å²) in [4.78, 5) is 37.0. The van der Waals surface area contributed by atoms with Crippen LogP contribution < -0.4 is 16.0 Å². The van der Waals surface area contributed by atoms with Gasteiger partial charge in [-0.05, 0) is 91.5 Å². The Bertz CT molecular complexity index is 1240. The second-order valence-electron chi connectivity index (χ2n) is 9.08. The van der Waals surface area contributed by atoms with E-state index in [9.17, 15) is 9.59 Å². The number of carbonyl (C=O) groups is 2. The fourth-order valence-electron chi connectivity index (χ4n) is 4.52. The van der Waals surface area contributed by atoms with Crippen LogP contribution in [0.15, 0.2) is 52.2 Å². The lowest BCUT2D eigenvalue weighted by molar-refractivity contribution is -0.115. The maximum atomic E-state index is 11.7. The van der Waals surface area contributed by atoms with E-state index < -0.39 is 0 Å². The molecule has 1 aliphatic carbocycles.